The van der Waals surface area contributed by atoms with E-state index >= 15 is 0 Å². The summed E-state index contributed by atoms with van der Waals surface area (Å²) in [5, 5.41) is 22.2. The quantitative estimate of drug-likeness (QED) is 0.732. The van der Waals surface area contributed by atoms with Gasteiger partial charge in [-0.25, -0.2) is 14.0 Å². The van der Waals surface area contributed by atoms with E-state index in [0.717, 1.165) is 6.07 Å². The second kappa shape index (κ2) is 7.81. The Morgan fingerprint density at radius 3 is 2.81 bits per heavy atom. The van der Waals surface area contributed by atoms with Gasteiger partial charge in [-0.15, -0.1) is 0 Å². The van der Waals surface area contributed by atoms with Crippen molar-refractivity contribution >= 4 is 17.7 Å². The van der Waals surface area contributed by atoms with Crippen molar-refractivity contribution in [3.8, 4) is 6.07 Å². The van der Waals surface area contributed by atoms with Gasteiger partial charge in [0.1, 0.15) is 23.5 Å². The number of hydrogen-bond acceptors (Lipinski definition) is 4. The number of hydrogen-bond donors (Lipinski definition) is 3. The number of nitrogens with one attached hydrogen (secondary N) is 2. The maximum absolute atomic E-state index is 13.4. The number of carboxylic acid groups (broad SMARTS) is 1. The largest absolute Gasteiger partial charge is 0.480 e. The number of aliphatic carboxylic acids is 1. The van der Waals surface area contributed by atoms with E-state index in [1.807, 2.05) is 0 Å². The van der Waals surface area contributed by atoms with E-state index in [4.69, 9.17) is 15.1 Å². The first kappa shape index (κ1) is 16.4. The summed E-state index contributed by atoms with van der Waals surface area (Å²) < 4.78 is 18.1. The van der Waals surface area contributed by atoms with Crippen LogP contribution in [0.5, 0.6) is 0 Å². The van der Waals surface area contributed by atoms with E-state index < -0.39 is 23.9 Å². The van der Waals surface area contributed by atoms with Crippen LogP contribution in [0.25, 0.3) is 0 Å². The molecule has 112 valence electrons. The molecule has 1 unspecified atom stereocenters. The molecule has 1 aromatic carbocycles. The molecule has 0 aliphatic carbocycles. The number of nitriles is 1. The smallest absolute Gasteiger partial charge is 0.326 e. The summed E-state index contributed by atoms with van der Waals surface area (Å²) in [4.78, 5) is 22.7. The second-order valence-corrected chi connectivity index (χ2v) is 4.04. The number of carbonyl (C=O) groups excluding carboxylic acids is 1. The van der Waals surface area contributed by atoms with Crippen LogP contribution in [-0.4, -0.2) is 36.9 Å². The number of anilines is 1. The van der Waals surface area contributed by atoms with Crippen molar-refractivity contribution < 1.29 is 23.8 Å². The Hall–Kier alpha value is -2.66. The first-order valence-corrected chi connectivity index (χ1v) is 5.97. The van der Waals surface area contributed by atoms with E-state index in [2.05, 4.69) is 10.6 Å². The average molecular weight is 295 g/mol. The third-order valence-corrected chi connectivity index (χ3v) is 2.59. The van der Waals surface area contributed by atoms with Crippen molar-refractivity contribution in [3.63, 3.8) is 0 Å². The molecule has 8 heteroatoms. The molecule has 0 bridgehead atoms. The van der Waals surface area contributed by atoms with E-state index in [1.54, 1.807) is 6.07 Å². The summed E-state index contributed by atoms with van der Waals surface area (Å²) in [5.74, 6) is -1.99. The summed E-state index contributed by atoms with van der Waals surface area (Å²) >= 11 is 0. The lowest BCUT2D eigenvalue weighted by Gasteiger charge is -2.15. The van der Waals surface area contributed by atoms with Gasteiger partial charge in [0.05, 0.1) is 5.69 Å². The van der Waals surface area contributed by atoms with Crippen molar-refractivity contribution in [1.29, 1.82) is 5.26 Å². The fourth-order valence-electron chi connectivity index (χ4n) is 1.55. The summed E-state index contributed by atoms with van der Waals surface area (Å²) in [5.41, 5.74) is -0.359. The lowest BCUT2D eigenvalue weighted by Crippen LogP contribution is -2.43. The molecule has 1 rings (SSSR count). The fraction of sp³-hybridized carbons (Fsp3) is 0.308. The lowest BCUT2D eigenvalue weighted by molar-refractivity contribution is -0.139. The van der Waals surface area contributed by atoms with Crippen molar-refractivity contribution in [2.75, 3.05) is 19.0 Å². The summed E-state index contributed by atoms with van der Waals surface area (Å²) in [6, 6.07) is 3.38. The highest BCUT2D eigenvalue weighted by Gasteiger charge is 2.20. The number of rotatable bonds is 6. The summed E-state index contributed by atoms with van der Waals surface area (Å²) in [6.45, 7) is 0.153. The standard InChI is InChI=1S/C13H14FN3O4/c1-21-6-5-11(12(18)19)17-13(20)16-10-4-2-3-9(14)8(10)7-15/h2-4,11H,5-6H2,1H3,(H,18,19)(H2,16,17,20). The molecular formula is C13H14FN3O4. The topological polar surface area (TPSA) is 111 Å². The molecule has 0 saturated carbocycles. The average Bonchev–Trinajstić information content (AvgIpc) is 2.43. The highest BCUT2D eigenvalue weighted by molar-refractivity contribution is 5.93. The molecule has 0 aromatic heterocycles. The summed E-state index contributed by atoms with van der Waals surface area (Å²) in [6.07, 6.45) is 0.0769. The highest BCUT2D eigenvalue weighted by atomic mass is 19.1. The molecule has 0 spiro atoms. The molecule has 21 heavy (non-hydrogen) atoms. The Bertz CT molecular complexity index is 571. The predicted octanol–water partition coefficient (Wildman–Crippen LogP) is 1.31. The molecular weight excluding hydrogens is 281 g/mol. The van der Waals surface area contributed by atoms with Gasteiger partial charge in [-0.3, -0.25) is 0 Å². The Kier molecular flexibility index (Phi) is 6.10. The Labute approximate surface area is 120 Å². The van der Waals surface area contributed by atoms with Gasteiger partial charge in [-0.05, 0) is 12.1 Å². The van der Waals surface area contributed by atoms with Gasteiger partial charge in [-0.1, -0.05) is 6.07 Å². The highest BCUT2D eigenvalue weighted by Crippen LogP contribution is 2.17. The van der Waals surface area contributed by atoms with Crippen LogP contribution in [0.4, 0.5) is 14.9 Å². The lowest BCUT2D eigenvalue weighted by atomic mass is 10.2. The molecule has 2 amide bonds. The maximum atomic E-state index is 13.4. The van der Waals surface area contributed by atoms with Gasteiger partial charge in [0, 0.05) is 20.1 Å². The monoisotopic (exact) mass is 295 g/mol. The Morgan fingerprint density at radius 2 is 2.24 bits per heavy atom. The molecule has 1 atom stereocenters. The maximum Gasteiger partial charge on any atom is 0.326 e. The Balaban J connectivity index is 2.75. The number of nitrogens with zero attached hydrogens (tertiary/aromatic N) is 1. The van der Waals surface area contributed by atoms with E-state index in [1.165, 1.54) is 19.2 Å². The number of benzene rings is 1. The first-order valence-electron chi connectivity index (χ1n) is 5.97. The molecule has 3 N–H and O–H groups in total. The van der Waals surface area contributed by atoms with Crippen LogP contribution in [-0.2, 0) is 9.53 Å². The van der Waals surface area contributed by atoms with Gasteiger partial charge >= 0.3 is 12.0 Å². The number of halogens is 1. The van der Waals surface area contributed by atoms with Crippen molar-refractivity contribution in [1.82, 2.24) is 5.32 Å². The van der Waals surface area contributed by atoms with Gasteiger partial charge in [0.25, 0.3) is 0 Å². The summed E-state index contributed by atoms with van der Waals surface area (Å²) in [7, 11) is 1.41. The number of amides is 2. The Morgan fingerprint density at radius 1 is 1.52 bits per heavy atom. The number of methoxy groups -OCH3 is 1. The van der Waals surface area contributed by atoms with Crippen molar-refractivity contribution in [2.24, 2.45) is 0 Å². The van der Waals surface area contributed by atoms with E-state index in [0.29, 0.717) is 0 Å². The molecule has 0 aliphatic heterocycles. The number of urea groups is 1. The molecule has 0 saturated heterocycles. The van der Waals surface area contributed by atoms with Crippen LogP contribution in [0.1, 0.15) is 12.0 Å². The number of ether oxygens (including phenoxy) is 1. The molecule has 7 nitrogen and oxygen atoms in total. The second-order valence-electron chi connectivity index (χ2n) is 4.04. The van der Waals surface area contributed by atoms with Crippen molar-refractivity contribution in [2.45, 2.75) is 12.5 Å². The number of carbonyl (C=O) groups is 2. The van der Waals surface area contributed by atoms with Crippen LogP contribution < -0.4 is 10.6 Å². The third kappa shape index (κ3) is 4.74. The zero-order valence-corrected chi connectivity index (χ0v) is 11.2. The third-order valence-electron chi connectivity index (χ3n) is 2.59. The fourth-order valence-corrected chi connectivity index (χ4v) is 1.55. The van der Waals surface area contributed by atoms with E-state index in [9.17, 15) is 14.0 Å². The van der Waals surface area contributed by atoms with Crippen LogP contribution in [0.2, 0.25) is 0 Å². The minimum Gasteiger partial charge on any atom is -0.480 e. The van der Waals surface area contributed by atoms with Crippen LogP contribution >= 0.6 is 0 Å². The molecule has 0 radical (unpaired) electrons. The van der Waals surface area contributed by atoms with Gasteiger partial charge < -0.3 is 20.5 Å². The van der Waals surface area contributed by atoms with Gasteiger partial charge in [0.2, 0.25) is 0 Å². The van der Waals surface area contributed by atoms with Crippen LogP contribution in [0, 0.1) is 17.1 Å². The first-order chi connectivity index (χ1) is 9.99. The normalized spacial score (nSPS) is 11.3. The van der Waals surface area contributed by atoms with Crippen LogP contribution in [0.15, 0.2) is 18.2 Å². The SMILES string of the molecule is COCCC(NC(=O)Nc1cccc(F)c1C#N)C(=O)O. The predicted molar refractivity (Wildman–Crippen MR) is 71.2 cm³/mol. The molecule has 1 aromatic rings. The minimum absolute atomic E-state index is 0.0362. The zero-order valence-electron chi connectivity index (χ0n) is 11.2. The van der Waals surface area contributed by atoms with Crippen molar-refractivity contribution in [3.05, 3.63) is 29.6 Å². The van der Waals surface area contributed by atoms with Gasteiger partial charge in [0.15, 0.2) is 0 Å². The molecule has 0 heterocycles. The molecule has 0 aliphatic rings. The minimum atomic E-state index is -1.22. The molecule has 0 fully saturated rings. The van der Waals surface area contributed by atoms with Crippen LogP contribution in [0.3, 0.4) is 0 Å². The van der Waals surface area contributed by atoms with Gasteiger partial charge in [-0.2, -0.15) is 5.26 Å². The van der Waals surface area contributed by atoms with E-state index in [-0.39, 0.29) is 24.3 Å². The zero-order chi connectivity index (χ0) is 15.8. The number of carboxylic acids is 1.